The molecule has 0 unspecified atom stereocenters. The molecule has 4 nitrogen and oxygen atoms in total. The molecule has 0 aliphatic carbocycles. The van der Waals surface area contributed by atoms with Crippen LogP contribution in [0.25, 0.3) is 10.9 Å². The quantitative estimate of drug-likeness (QED) is 0.484. The number of rotatable bonds is 8. The summed E-state index contributed by atoms with van der Waals surface area (Å²) in [4.78, 5) is 20.3. The highest BCUT2D eigenvalue weighted by Gasteiger charge is 2.05. The van der Waals surface area contributed by atoms with Crippen molar-refractivity contribution in [3.05, 3.63) is 71.9 Å². The molecule has 2 N–H and O–H groups in total. The second kappa shape index (κ2) is 8.31. The van der Waals surface area contributed by atoms with E-state index >= 15 is 0 Å². The first kappa shape index (κ1) is 16.3. The number of benzene rings is 2. The molecule has 124 valence electrons. The van der Waals surface area contributed by atoms with Crippen LogP contribution in [-0.4, -0.2) is 10.9 Å². The lowest BCUT2D eigenvalue weighted by molar-refractivity contribution is -0.134. The van der Waals surface area contributed by atoms with Gasteiger partial charge >= 0.3 is 0 Å². The van der Waals surface area contributed by atoms with Crippen molar-refractivity contribution >= 4 is 16.8 Å². The molecule has 0 spiro atoms. The van der Waals surface area contributed by atoms with Crippen LogP contribution in [0.3, 0.4) is 0 Å². The van der Waals surface area contributed by atoms with Gasteiger partial charge in [-0.2, -0.15) is 0 Å². The molecule has 4 heteroatoms. The maximum atomic E-state index is 11.8. The monoisotopic (exact) mass is 322 g/mol. The number of unbranched alkanes of at least 4 members (excludes halogenated alkanes) is 1. The van der Waals surface area contributed by atoms with E-state index in [1.165, 1.54) is 16.5 Å². The fourth-order valence-corrected chi connectivity index (χ4v) is 2.76. The Hall–Kier alpha value is -2.59. The topological polar surface area (TPSA) is 54.1 Å². The maximum absolute atomic E-state index is 11.8. The van der Waals surface area contributed by atoms with Crippen molar-refractivity contribution in [1.82, 2.24) is 10.5 Å². The van der Waals surface area contributed by atoms with Crippen molar-refractivity contribution < 1.29 is 9.63 Å². The highest BCUT2D eigenvalue weighted by Crippen LogP contribution is 2.19. The van der Waals surface area contributed by atoms with Crippen LogP contribution in [0.15, 0.2) is 60.8 Å². The molecule has 0 fully saturated rings. The third kappa shape index (κ3) is 4.46. The van der Waals surface area contributed by atoms with Gasteiger partial charge in [-0.3, -0.25) is 9.63 Å². The zero-order chi connectivity index (χ0) is 16.6. The summed E-state index contributed by atoms with van der Waals surface area (Å²) in [6, 6.07) is 18.1. The van der Waals surface area contributed by atoms with E-state index in [0.29, 0.717) is 13.0 Å². The van der Waals surface area contributed by atoms with Gasteiger partial charge in [-0.05, 0) is 36.5 Å². The highest BCUT2D eigenvalue weighted by molar-refractivity contribution is 5.83. The number of amides is 1. The Morgan fingerprint density at radius 1 is 1.00 bits per heavy atom. The Bertz CT molecular complexity index is 780. The van der Waals surface area contributed by atoms with E-state index in [-0.39, 0.29) is 5.91 Å². The molecule has 0 saturated heterocycles. The van der Waals surface area contributed by atoms with Crippen molar-refractivity contribution in [3.8, 4) is 0 Å². The zero-order valence-electron chi connectivity index (χ0n) is 13.6. The Balaban J connectivity index is 1.33. The summed E-state index contributed by atoms with van der Waals surface area (Å²) in [5.74, 6) is -0.0649. The molecular weight excluding hydrogens is 300 g/mol. The molecule has 0 aliphatic rings. The van der Waals surface area contributed by atoms with E-state index in [1.54, 1.807) is 0 Å². The smallest absolute Gasteiger partial charge is 0.243 e. The molecular formula is C20H22N2O2. The number of fused-ring (bicyclic) bond motifs is 1. The first-order chi connectivity index (χ1) is 11.8. The van der Waals surface area contributed by atoms with Crippen LogP contribution in [0.1, 0.15) is 30.4 Å². The van der Waals surface area contributed by atoms with Gasteiger partial charge in [-0.15, -0.1) is 0 Å². The third-order valence-corrected chi connectivity index (χ3v) is 4.04. The number of carbonyl (C=O) groups is 1. The van der Waals surface area contributed by atoms with Crippen LogP contribution in [0, 0.1) is 0 Å². The minimum atomic E-state index is -0.0649. The summed E-state index contributed by atoms with van der Waals surface area (Å²) < 4.78 is 0. The van der Waals surface area contributed by atoms with E-state index in [9.17, 15) is 4.79 Å². The Morgan fingerprint density at radius 2 is 1.79 bits per heavy atom. The lowest BCUT2D eigenvalue weighted by Crippen LogP contribution is -2.23. The second-order valence-corrected chi connectivity index (χ2v) is 5.87. The molecule has 2 aromatic carbocycles. The van der Waals surface area contributed by atoms with Gasteiger partial charge in [0.2, 0.25) is 5.91 Å². The summed E-state index contributed by atoms with van der Waals surface area (Å²) in [5.41, 5.74) is 6.03. The first-order valence-electron chi connectivity index (χ1n) is 8.32. The van der Waals surface area contributed by atoms with Crippen LogP contribution in [0.4, 0.5) is 0 Å². The molecule has 0 radical (unpaired) electrons. The van der Waals surface area contributed by atoms with Crippen molar-refractivity contribution in [2.75, 3.05) is 0 Å². The summed E-state index contributed by atoms with van der Waals surface area (Å²) in [6.07, 6.45) is 5.35. The van der Waals surface area contributed by atoms with Crippen molar-refractivity contribution in [1.29, 1.82) is 0 Å². The molecule has 3 aromatic rings. The van der Waals surface area contributed by atoms with E-state index < -0.39 is 0 Å². The molecule has 1 aromatic heterocycles. The predicted molar refractivity (Wildman–Crippen MR) is 95.2 cm³/mol. The number of para-hydroxylation sites is 1. The average Bonchev–Trinajstić information content (AvgIpc) is 3.03. The van der Waals surface area contributed by atoms with Gasteiger partial charge < -0.3 is 4.98 Å². The molecule has 0 aliphatic heterocycles. The minimum Gasteiger partial charge on any atom is -0.361 e. The van der Waals surface area contributed by atoms with Gasteiger partial charge in [0.1, 0.15) is 0 Å². The fraction of sp³-hybridized carbons (Fsp3) is 0.250. The van der Waals surface area contributed by atoms with Crippen LogP contribution in [-0.2, 0) is 22.7 Å². The van der Waals surface area contributed by atoms with Gasteiger partial charge in [-0.1, -0.05) is 48.5 Å². The number of aryl methyl sites for hydroxylation is 1. The Labute approximate surface area is 141 Å². The predicted octanol–water partition coefficient (Wildman–Crippen LogP) is 4.13. The molecule has 1 heterocycles. The van der Waals surface area contributed by atoms with E-state index in [1.807, 2.05) is 36.4 Å². The van der Waals surface area contributed by atoms with Crippen LogP contribution < -0.4 is 5.48 Å². The van der Waals surface area contributed by atoms with Gasteiger partial charge in [0.25, 0.3) is 0 Å². The first-order valence-corrected chi connectivity index (χ1v) is 8.32. The van der Waals surface area contributed by atoms with Gasteiger partial charge in [0, 0.05) is 23.5 Å². The van der Waals surface area contributed by atoms with Gasteiger partial charge in [0.15, 0.2) is 0 Å². The Kier molecular flexibility index (Phi) is 5.64. The van der Waals surface area contributed by atoms with Gasteiger partial charge in [0.05, 0.1) is 6.61 Å². The summed E-state index contributed by atoms with van der Waals surface area (Å²) >= 11 is 0. The maximum Gasteiger partial charge on any atom is 0.243 e. The normalized spacial score (nSPS) is 10.8. The fourth-order valence-electron chi connectivity index (χ4n) is 2.76. The number of aromatic amines is 1. The van der Waals surface area contributed by atoms with Crippen molar-refractivity contribution in [3.63, 3.8) is 0 Å². The molecule has 24 heavy (non-hydrogen) atoms. The number of aromatic nitrogens is 1. The average molecular weight is 322 g/mol. The lowest BCUT2D eigenvalue weighted by atomic mass is 10.1. The van der Waals surface area contributed by atoms with E-state index in [0.717, 1.165) is 24.8 Å². The number of nitrogens with one attached hydrogen (secondary N) is 2. The van der Waals surface area contributed by atoms with Gasteiger partial charge in [-0.25, -0.2) is 5.48 Å². The number of hydroxylamine groups is 1. The number of carbonyl (C=O) groups excluding carboxylic acids is 1. The second-order valence-electron chi connectivity index (χ2n) is 5.87. The number of hydrogen-bond acceptors (Lipinski definition) is 2. The van der Waals surface area contributed by atoms with Crippen LogP contribution in [0.5, 0.6) is 0 Å². The summed E-state index contributed by atoms with van der Waals surface area (Å²) in [5, 5.41) is 1.27. The van der Waals surface area contributed by atoms with Crippen molar-refractivity contribution in [2.45, 2.75) is 32.3 Å². The van der Waals surface area contributed by atoms with E-state index in [2.05, 4.69) is 34.9 Å². The highest BCUT2D eigenvalue weighted by atomic mass is 16.6. The summed E-state index contributed by atoms with van der Waals surface area (Å²) in [6.45, 7) is 0.391. The van der Waals surface area contributed by atoms with Crippen LogP contribution in [0.2, 0.25) is 0 Å². The zero-order valence-corrected chi connectivity index (χ0v) is 13.6. The summed E-state index contributed by atoms with van der Waals surface area (Å²) in [7, 11) is 0. The van der Waals surface area contributed by atoms with E-state index in [4.69, 9.17) is 4.84 Å². The minimum absolute atomic E-state index is 0.0649. The Morgan fingerprint density at radius 3 is 2.67 bits per heavy atom. The van der Waals surface area contributed by atoms with Crippen LogP contribution >= 0.6 is 0 Å². The largest absolute Gasteiger partial charge is 0.361 e. The standard InChI is InChI=1S/C20H22N2O2/c23-20(22-24-15-16-8-2-1-3-9-16)13-7-4-10-17-14-21-19-12-6-5-11-18(17)19/h1-3,5-6,8-9,11-12,14,21H,4,7,10,13,15H2,(H,22,23). The number of H-pyrrole nitrogens is 1. The SMILES string of the molecule is O=C(CCCCc1c[nH]c2ccccc12)NOCc1ccccc1. The number of hydrogen-bond donors (Lipinski definition) is 2. The molecule has 1 amide bonds. The third-order valence-electron chi connectivity index (χ3n) is 4.04. The molecule has 0 saturated carbocycles. The lowest BCUT2D eigenvalue weighted by Gasteiger charge is -2.06. The molecule has 3 rings (SSSR count). The van der Waals surface area contributed by atoms with Crippen molar-refractivity contribution in [2.24, 2.45) is 0 Å². The molecule has 0 bridgehead atoms. The molecule has 0 atom stereocenters.